The first kappa shape index (κ1) is 25.3. The van der Waals surface area contributed by atoms with Crippen molar-refractivity contribution in [3.8, 4) is 5.75 Å². The van der Waals surface area contributed by atoms with E-state index in [0.29, 0.717) is 18.2 Å². The maximum Gasteiger partial charge on any atom is 0.260 e. The Morgan fingerprint density at radius 1 is 1.09 bits per heavy atom. The third kappa shape index (κ3) is 6.06. The van der Waals surface area contributed by atoms with E-state index in [4.69, 9.17) is 4.74 Å². The molecule has 0 aromatic heterocycles. The number of hydrogen-bond donors (Lipinski definition) is 1. The molecule has 35 heavy (non-hydrogen) atoms. The van der Waals surface area contributed by atoms with Crippen LogP contribution in [0.15, 0.2) is 42.5 Å². The van der Waals surface area contributed by atoms with Crippen LogP contribution < -0.4 is 10.1 Å². The van der Waals surface area contributed by atoms with Crippen molar-refractivity contribution in [2.75, 3.05) is 13.1 Å². The molecule has 2 atom stereocenters. The molecule has 0 saturated heterocycles. The minimum atomic E-state index is -0.586. The smallest absolute Gasteiger partial charge is 0.260 e. The highest BCUT2D eigenvalue weighted by molar-refractivity contribution is 5.81. The summed E-state index contributed by atoms with van der Waals surface area (Å²) in [4.78, 5) is 28.3. The zero-order chi connectivity index (χ0) is 24.9. The molecule has 0 spiro atoms. The second-order valence-corrected chi connectivity index (χ2v) is 10.7. The first-order valence-corrected chi connectivity index (χ1v) is 13.3. The van der Waals surface area contributed by atoms with Gasteiger partial charge in [-0.2, -0.15) is 0 Å². The maximum absolute atomic E-state index is 13.6. The topological polar surface area (TPSA) is 58.6 Å². The highest BCUT2D eigenvalue weighted by Crippen LogP contribution is 2.40. The normalized spacial score (nSPS) is 18.9. The number of nitrogens with one attached hydrogen (secondary N) is 1. The number of rotatable bonds is 8. The Morgan fingerprint density at radius 3 is 2.57 bits per heavy atom. The molecule has 5 heteroatoms. The summed E-state index contributed by atoms with van der Waals surface area (Å²) in [6.07, 6.45) is 5.47. The van der Waals surface area contributed by atoms with Crippen molar-refractivity contribution in [2.45, 2.75) is 78.4 Å². The van der Waals surface area contributed by atoms with Gasteiger partial charge in [0, 0.05) is 19.0 Å². The largest absolute Gasteiger partial charge is 0.481 e. The Labute approximate surface area is 210 Å². The summed E-state index contributed by atoms with van der Waals surface area (Å²) in [5, 5.41) is 2.97. The number of amides is 2. The van der Waals surface area contributed by atoms with Gasteiger partial charge in [-0.1, -0.05) is 62.6 Å². The lowest BCUT2D eigenvalue weighted by molar-refractivity contribution is -0.137. The molecule has 1 aliphatic heterocycles. The predicted octanol–water partition coefficient (Wildman–Crippen LogP) is 5.59. The Balaban J connectivity index is 1.60. The molecule has 2 amide bonds. The van der Waals surface area contributed by atoms with E-state index < -0.39 is 6.10 Å². The van der Waals surface area contributed by atoms with E-state index in [1.807, 2.05) is 12.1 Å². The van der Waals surface area contributed by atoms with Crippen molar-refractivity contribution in [3.63, 3.8) is 0 Å². The minimum Gasteiger partial charge on any atom is -0.481 e. The average Bonchev–Trinajstić information content (AvgIpc) is 3.37. The van der Waals surface area contributed by atoms with Gasteiger partial charge in [0.2, 0.25) is 5.91 Å². The van der Waals surface area contributed by atoms with Crippen LogP contribution in [0.1, 0.15) is 81.2 Å². The Hall–Kier alpha value is -2.82. The fourth-order valence-corrected chi connectivity index (χ4v) is 5.40. The summed E-state index contributed by atoms with van der Waals surface area (Å²) in [6, 6.07) is 14.5. The van der Waals surface area contributed by atoms with Crippen LogP contribution in [0.5, 0.6) is 5.75 Å². The van der Waals surface area contributed by atoms with Crippen molar-refractivity contribution >= 4 is 11.8 Å². The van der Waals surface area contributed by atoms with Gasteiger partial charge in [-0.25, -0.2) is 0 Å². The molecule has 2 aromatic carbocycles. The fourth-order valence-electron chi connectivity index (χ4n) is 5.40. The summed E-state index contributed by atoms with van der Waals surface area (Å²) in [7, 11) is 0. The van der Waals surface area contributed by atoms with E-state index in [9.17, 15) is 9.59 Å². The number of aryl methyl sites for hydroxylation is 1. The van der Waals surface area contributed by atoms with Crippen LogP contribution in [0.2, 0.25) is 0 Å². The molecular formula is C30H40N2O3. The van der Waals surface area contributed by atoms with Crippen molar-refractivity contribution in [2.24, 2.45) is 11.8 Å². The molecule has 1 N–H and O–H groups in total. The summed E-state index contributed by atoms with van der Waals surface area (Å²) in [5.41, 5.74) is 4.67. The van der Waals surface area contributed by atoms with Crippen molar-refractivity contribution in [1.82, 2.24) is 10.2 Å². The van der Waals surface area contributed by atoms with E-state index in [1.165, 1.54) is 11.1 Å². The zero-order valence-electron chi connectivity index (χ0n) is 21.7. The standard InChI is InChI=1S/C30H40N2O3/c1-20(2)14-16-31-29(33)22(4)35-26-13-12-23-15-17-32(30(34)24-9-5-6-10-24)28(27(23)19-26)25-11-7-8-21(3)18-25/h7-8,11-13,18-20,22,24,28H,5-6,9-10,14-17H2,1-4H3,(H,31,33). The molecule has 5 nitrogen and oxygen atoms in total. The lowest BCUT2D eigenvalue weighted by Gasteiger charge is -2.39. The van der Waals surface area contributed by atoms with E-state index in [1.54, 1.807) is 6.92 Å². The van der Waals surface area contributed by atoms with Gasteiger partial charge in [0.05, 0.1) is 6.04 Å². The Kier molecular flexibility index (Phi) is 8.15. The van der Waals surface area contributed by atoms with E-state index >= 15 is 0 Å². The number of ether oxygens (including phenoxy) is 1. The number of hydrogen-bond acceptors (Lipinski definition) is 3. The van der Waals surface area contributed by atoms with Gasteiger partial charge < -0.3 is 15.0 Å². The van der Waals surface area contributed by atoms with Gasteiger partial charge in [0.1, 0.15) is 5.75 Å². The van der Waals surface area contributed by atoms with Gasteiger partial charge in [-0.15, -0.1) is 0 Å². The first-order chi connectivity index (χ1) is 16.8. The van der Waals surface area contributed by atoms with Crippen LogP contribution in [0.3, 0.4) is 0 Å². The fraction of sp³-hybridized carbons (Fsp3) is 0.533. The van der Waals surface area contributed by atoms with Gasteiger partial charge in [0.25, 0.3) is 5.91 Å². The lowest BCUT2D eigenvalue weighted by atomic mass is 9.86. The highest BCUT2D eigenvalue weighted by atomic mass is 16.5. The van der Waals surface area contributed by atoms with Gasteiger partial charge in [0.15, 0.2) is 6.10 Å². The van der Waals surface area contributed by atoms with E-state index in [-0.39, 0.29) is 23.8 Å². The third-order valence-corrected chi connectivity index (χ3v) is 7.39. The lowest BCUT2D eigenvalue weighted by Crippen LogP contribution is -2.43. The first-order valence-electron chi connectivity index (χ1n) is 13.3. The quantitative estimate of drug-likeness (QED) is 0.540. The van der Waals surface area contributed by atoms with Crippen LogP contribution in [0, 0.1) is 18.8 Å². The second-order valence-electron chi connectivity index (χ2n) is 10.7. The van der Waals surface area contributed by atoms with E-state index in [2.05, 4.69) is 61.3 Å². The van der Waals surface area contributed by atoms with Crippen LogP contribution >= 0.6 is 0 Å². The Morgan fingerprint density at radius 2 is 1.86 bits per heavy atom. The molecule has 2 aliphatic rings. The molecule has 2 unspecified atom stereocenters. The third-order valence-electron chi connectivity index (χ3n) is 7.39. The molecule has 1 saturated carbocycles. The molecule has 188 valence electrons. The predicted molar refractivity (Wildman–Crippen MR) is 139 cm³/mol. The molecule has 1 aliphatic carbocycles. The zero-order valence-corrected chi connectivity index (χ0v) is 21.7. The molecule has 1 heterocycles. The van der Waals surface area contributed by atoms with Gasteiger partial charge in [-0.3, -0.25) is 9.59 Å². The molecule has 0 radical (unpaired) electrons. The number of carbonyl (C=O) groups is 2. The van der Waals surface area contributed by atoms with Crippen LogP contribution in [0.25, 0.3) is 0 Å². The summed E-state index contributed by atoms with van der Waals surface area (Å²) in [5.74, 6) is 1.53. The van der Waals surface area contributed by atoms with Crippen LogP contribution in [-0.4, -0.2) is 35.9 Å². The van der Waals surface area contributed by atoms with Crippen molar-refractivity contribution < 1.29 is 14.3 Å². The second kappa shape index (κ2) is 11.3. The molecule has 0 bridgehead atoms. The molecular weight excluding hydrogens is 436 g/mol. The van der Waals surface area contributed by atoms with E-state index in [0.717, 1.165) is 56.2 Å². The molecule has 4 rings (SSSR count). The molecule has 2 aromatic rings. The number of benzene rings is 2. The highest BCUT2D eigenvalue weighted by Gasteiger charge is 2.36. The van der Waals surface area contributed by atoms with Crippen molar-refractivity contribution in [3.05, 3.63) is 64.7 Å². The molecule has 1 fully saturated rings. The number of fused-ring (bicyclic) bond motifs is 1. The van der Waals surface area contributed by atoms with Crippen LogP contribution in [-0.2, 0) is 16.0 Å². The summed E-state index contributed by atoms with van der Waals surface area (Å²) >= 11 is 0. The van der Waals surface area contributed by atoms with Gasteiger partial charge >= 0.3 is 0 Å². The van der Waals surface area contributed by atoms with Crippen LogP contribution in [0.4, 0.5) is 0 Å². The minimum absolute atomic E-state index is 0.100. The van der Waals surface area contributed by atoms with Gasteiger partial charge in [-0.05, 0) is 74.3 Å². The Bertz CT molecular complexity index is 1040. The maximum atomic E-state index is 13.6. The average molecular weight is 477 g/mol. The summed E-state index contributed by atoms with van der Waals surface area (Å²) in [6.45, 7) is 9.56. The number of carbonyl (C=O) groups excluding carboxylic acids is 2. The number of nitrogens with zero attached hydrogens (tertiary/aromatic N) is 1. The monoisotopic (exact) mass is 476 g/mol. The SMILES string of the molecule is Cc1cccc(C2c3cc(OC(C)C(=O)NCCC(C)C)ccc3CCN2C(=O)C2CCCC2)c1. The van der Waals surface area contributed by atoms with Crippen molar-refractivity contribution in [1.29, 1.82) is 0 Å². The summed E-state index contributed by atoms with van der Waals surface area (Å²) < 4.78 is 6.09.